The van der Waals surface area contributed by atoms with Crippen LogP contribution in [0.2, 0.25) is 0 Å². The van der Waals surface area contributed by atoms with Gasteiger partial charge in [0.15, 0.2) is 0 Å². The van der Waals surface area contributed by atoms with E-state index in [-0.39, 0.29) is 11.3 Å². The molecule has 0 radical (unpaired) electrons. The molecule has 5 heteroatoms. The Labute approximate surface area is 102 Å². The lowest BCUT2D eigenvalue weighted by Crippen LogP contribution is -2.45. The quantitative estimate of drug-likeness (QED) is 0.652. The summed E-state index contributed by atoms with van der Waals surface area (Å²) in [7, 11) is 0. The molecule has 0 aromatic heterocycles. The fourth-order valence-corrected chi connectivity index (χ4v) is 1.95. The third-order valence-electron chi connectivity index (χ3n) is 3.60. The van der Waals surface area contributed by atoms with Crippen LogP contribution in [0.1, 0.15) is 26.2 Å². The molecule has 2 fully saturated rings. The van der Waals surface area contributed by atoms with Crippen molar-refractivity contribution in [1.29, 1.82) is 0 Å². The number of nitrogens with one attached hydrogen (secondary N) is 2. The maximum absolute atomic E-state index is 11.9. The highest BCUT2D eigenvalue weighted by molar-refractivity contribution is 6.35. The molecule has 0 spiro atoms. The summed E-state index contributed by atoms with van der Waals surface area (Å²) in [5.41, 5.74) is 0.246. The minimum Gasteiger partial charge on any atom is -0.347 e. The van der Waals surface area contributed by atoms with Crippen molar-refractivity contribution in [3.8, 4) is 0 Å². The molecule has 0 atom stereocenters. The van der Waals surface area contributed by atoms with Gasteiger partial charge in [0.2, 0.25) is 0 Å². The SMILES string of the molecule is CC1(CNC(=O)C(=O)N2CCCNCC2)CC1. The summed E-state index contributed by atoms with van der Waals surface area (Å²) in [6.07, 6.45) is 3.21. The lowest BCUT2D eigenvalue weighted by Gasteiger charge is -2.19. The molecule has 0 unspecified atom stereocenters. The van der Waals surface area contributed by atoms with E-state index >= 15 is 0 Å². The normalized spacial score (nSPS) is 22.8. The van der Waals surface area contributed by atoms with Crippen molar-refractivity contribution in [3.63, 3.8) is 0 Å². The Bertz CT molecular complexity index is 305. The van der Waals surface area contributed by atoms with E-state index < -0.39 is 5.91 Å². The second-order valence-electron chi connectivity index (χ2n) is 5.39. The van der Waals surface area contributed by atoms with Gasteiger partial charge >= 0.3 is 11.8 Å². The van der Waals surface area contributed by atoms with Crippen LogP contribution in [0, 0.1) is 5.41 Å². The van der Waals surface area contributed by atoms with Crippen LogP contribution >= 0.6 is 0 Å². The first kappa shape index (κ1) is 12.4. The van der Waals surface area contributed by atoms with Gasteiger partial charge in [0, 0.05) is 26.2 Å². The summed E-state index contributed by atoms with van der Waals surface area (Å²) in [5, 5.41) is 5.96. The number of amides is 2. The van der Waals surface area contributed by atoms with Gasteiger partial charge < -0.3 is 15.5 Å². The van der Waals surface area contributed by atoms with Gasteiger partial charge in [-0.2, -0.15) is 0 Å². The Hall–Kier alpha value is -1.10. The average molecular weight is 239 g/mol. The van der Waals surface area contributed by atoms with E-state index in [0.29, 0.717) is 19.6 Å². The van der Waals surface area contributed by atoms with Crippen molar-refractivity contribution >= 4 is 11.8 Å². The standard InChI is InChI=1S/C12H21N3O2/c1-12(3-4-12)9-14-10(16)11(17)15-7-2-5-13-6-8-15/h13H,2-9H2,1H3,(H,14,16). The third kappa shape index (κ3) is 3.43. The monoisotopic (exact) mass is 239 g/mol. The van der Waals surface area contributed by atoms with Crippen molar-refractivity contribution in [2.24, 2.45) is 5.41 Å². The Morgan fingerprint density at radius 3 is 2.76 bits per heavy atom. The molecule has 0 bridgehead atoms. The number of hydrogen-bond donors (Lipinski definition) is 2. The second kappa shape index (κ2) is 5.04. The van der Waals surface area contributed by atoms with Crippen LogP contribution in [-0.2, 0) is 9.59 Å². The maximum atomic E-state index is 11.9. The van der Waals surface area contributed by atoms with Crippen molar-refractivity contribution in [2.75, 3.05) is 32.7 Å². The summed E-state index contributed by atoms with van der Waals surface area (Å²) >= 11 is 0. The van der Waals surface area contributed by atoms with E-state index in [1.165, 1.54) is 0 Å². The van der Waals surface area contributed by atoms with Crippen LogP contribution in [0.25, 0.3) is 0 Å². The fourth-order valence-electron chi connectivity index (χ4n) is 1.95. The largest absolute Gasteiger partial charge is 0.347 e. The van der Waals surface area contributed by atoms with E-state index in [2.05, 4.69) is 17.6 Å². The van der Waals surface area contributed by atoms with Gasteiger partial charge in [-0.1, -0.05) is 6.92 Å². The van der Waals surface area contributed by atoms with E-state index in [4.69, 9.17) is 0 Å². The molecule has 96 valence electrons. The summed E-state index contributed by atoms with van der Waals surface area (Å²) in [6, 6.07) is 0. The Morgan fingerprint density at radius 1 is 1.29 bits per heavy atom. The zero-order valence-electron chi connectivity index (χ0n) is 10.4. The highest BCUT2D eigenvalue weighted by atomic mass is 16.2. The summed E-state index contributed by atoms with van der Waals surface area (Å²) in [5.74, 6) is -0.821. The Balaban J connectivity index is 1.78. The van der Waals surface area contributed by atoms with Gasteiger partial charge in [0.05, 0.1) is 0 Å². The molecule has 0 aromatic rings. The first-order valence-electron chi connectivity index (χ1n) is 6.39. The molecule has 2 rings (SSSR count). The zero-order valence-corrected chi connectivity index (χ0v) is 10.4. The number of carbonyl (C=O) groups is 2. The number of nitrogens with zero attached hydrogens (tertiary/aromatic N) is 1. The minimum atomic E-state index is -0.444. The number of carbonyl (C=O) groups excluding carboxylic acids is 2. The summed E-state index contributed by atoms with van der Waals surface area (Å²) in [4.78, 5) is 25.2. The fraction of sp³-hybridized carbons (Fsp3) is 0.833. The van der Waals surface area contributed by atoms with Crippen molar-refractivity contribution in [3.05, 3.63) is 0 Å². The minimum absolute atomic E-state index is 0.246. The highest BCUT2D eigenvalue weighted by Crippen LogP contribution is 2.43. The van der Waals surface area contributed by atoms with Gasteiger partial charge in [-0.05, 0) is 31.2 Å². The van der Waals surface area contributed by atoms with Crippen LogP contribution in [0.4, 0.5) is 0 Å². The number of rotatable bonds is 2. The van der Waals surface area contributed by atoms with Gasteiger partial charge in [-0.3, -0.25) is 9.59 Å². The van der Waals surface area contributed by atoms with E-state index in [9.17, 15) is 9.59 Å². The molecule has 2 aliphatic rings. The predicted octanol–water partition coefficient (Wildman–Crippen LogP) is -0.275. The molecule has 1 aliphatic carbocycles. The van der Waals surface area contributed by atoms with Crippen LogP contribution in [0.3, 0.4) is 0 Å². The molecule has 2 amide bonds. The molecule has 2 N–H and O–H groups in total. The molecule has 1 saturated carbocycles. The Morgan fingerprint density at radius 2 is 2.06 bits per heavy atom. The van der Waals surface area contributed by atoms with Crippen LogP contribution in [-0.4, -0.2) is 49.4 Å². The molecular formula is C12H21N3O2. The topological polar surface area (TPSA) is 61.4 Å². The Kier molecular flexibility index (Phi) is 3.66. The van der Waals surface area contributed by atoms with Crippen LogP contribution in [0.15, 0.2) is 0 Å². The van der Waals surface area contributed by atoms with Gasteiger partial charge in [0.25, 0.3) is 0 Å². The molecular weight excluding hydrogens is 218 g/mol. The van der Waals surface area contributed by atoms with E-state index in [0.717, 1.165) is 32.4 Å². The highest BCUT2D eigenvalue weighted by Gasteiger charge is 2.38. The number of hydrogen-bond acceptors (Lipinski definition) is 3. The van der Waals surface area contributed by atoms with Gasteiger partial charge in [0.1, 0.15) is 0 Å². The van der Waals surface area contributed by atoms with E-state index in [1.807, 2.05) is 0 Å². The maximum Gasteiger partial charge on any atom is 0.311 e. The van der Waals surface area contributed by atoms with Gasteiger partial charge in [-0.15, -0.1) is 0 Å². The molecule has 17 heavy (non-hydrogen) atoms. The van der Waals surface area contributed by atoms with Crippen molar-refractivity contribution in [2.45, 2.75) is 26.2 Å². The average Bonchev–Trinajstić information content (AvgIpc) is 3.09. The lowest BCUT2D eigenvalue weighted by atomic mass is 10.1. The first-order chi connectivity index (χ1) is 8.11. The first-order valence-corrected chi connectivity index (χ1v) is 6.39. The molecule has 1 saturated heterocycles. The predicted molar refractivity (Wildman–Crippen MR) is 64.4 cm³/mol. The van der Waals surface area contributed by atoms with Crippen LogP contribution < -0.4 is 10.6 Å². The van der Waals surface area contributed by atoms with Crippen molar-refractivity contribution in [1.82, 2.24) is 15.5 Å². The zero-order chi connectivity index (χ0) is 12.3. The molecule has 0 aromatic carbocycles. The van der Waals surface area contributed by atoms with Crippen LogP contribution in [0.5, 0.6) is 0 Å². The summed E-state index contributed by atoms with van der Waals surface area (Å²) in [6.45, 7) is 5.76. The van der Waals surface area contributed by atoms with Crippen molar-refractivity contribution < 1.29 is 9.59 Å². The van der Waals surface area contributed by atoms with E-state index in [1.54, 1.807) is 4.90 Å². The second-order valence-corrected chi connectivity index (χ2v) is 5.39. The summed E-state index contributed by atoms with van der Waals surface area (Å²) < 4.78 is 0. The lowest BCUT2D eigenvalue weighted by molar-refractivity contribution is -0.145. The molecule has 5 nitrogen and oxygen atoms in total. The molecule has 1 heterocycles. The van der Waals surface area contributed by atoms with Gasteiger partial charge in [-0.25, -0.2) is 0 Å². The smallest absolute Gasteiger partial charge is 0.311 e. The molecule has 1 aliphatic heterocycles. The third-order valence-corrected chi connectivity index (χ3v) is 3.60.